The minimum Gasteiger partial charge on any atom is -0.0885 e. The van der Waals surface area contributed by atoms with Crippen LogP contribution < -0.4 is 0 Å². The molecule has 2 aromatic rings. The second-order valence-electron chi connectivity index (χ2n) is 5.08. The van der Waals surface area contributed by atoms with E-state index in [1.165, 1.54) is 39.5 Å². The molecule has 0 saturated carbocycles. The minimum atomic E-state index is 0.676. The molecule has 1 unspecified atom stereocenters. The fourth-order valence-electron chi connectivity index (χ4n) is 2.83. The van der Waals surface area contributed by atoms with E-state index in [1.54, 1.807) is 0 Å². The molecule has 0 saturated heterocycles. The Morgan fingerprint density at radius 2 is 1.79 bits per heavy atom. The van der Waals surface area contributed by atoms with Gasteiger partial charge in [-0.3, -0.25) is 0 Å². The third-order valence-corrected chi connectivity index (χ3v) is 4.48. The van der Waals surface area contributed by atoms with Crippen molar-refractivity contribution in [3.8, 4) is 11.1 Å². The lowest BCUT2D eigenvalue weighted by Gasteiger charge is -2.22. The van der Waals surface area contributed by atoms with Gasteiger partial charge in [0.25, 0.3) is 0 Å². The lowest BCUT2D eigenvalue weighted by molar-refractivity contribution is 0.618. The average molecular weight is 360 g/mol. The van der Waals surface area contributed by atoms with Gasteiger partial charge in [-0.2, -0.15) is 0 Å². The summed E-state index contributed by atoms with van der Waals surface area (Å²) >= 11 is 2.42. The van der Waals surface area contributed by atoms with Crippen LogP contribution in [0.5, 0.6) is 0 Å². The van der Waals surface area contributed by atoms with Gasteiger partial charge in [0, 0.05) is 3.57 Å². The molecule has 0 aliphatic heterocycles. The van der Waals surface area contributed by atoms with Gasteiger partial charge in [-0.1, -0.05) is 48.6 Å². The third kappa shape index (κ3) is 2.92. The van der Waals surface area contributed by atoms with Gasteiger partial charge in [0.05, 0.1) is 0 Å². The molecule has 0 heterocycles. The second-order valence-corrected chi connectivity index (χ2v) is 6.32. The third-order valence-electron chi connectivity index (χ3n) is 3.81. The Bertz CT molecular complexity index is 584. The molecular formula is C18H17I. The first-order chi connectivity index (χ1) is 9.34. The van der Waals surface area contributed by atoms with E-state index in [2.05, 4.69) is 83.3 Å². The Balaban J connectivity index is 2.07. The van der Waals surface area contributed by atoms with Gasteiger partial charge in [0.2, 0.25) is 0 Å². The van der Waals surface area contributed by atoms with Gasteiger partial charge >= 0.3 is 0 Å². The molecule has 0 amide bonds. The fourth-order valence-corrected chi connectivity index (χ4v) is 3.34. The molecular weight excluding hydrogens is 343 g/mol. The van der Waals surface area contributed by atoms with E-state index < -0.39 is 0 Å². The Morgan fingerprint density at radius 1 is 0.947 bits per heavy atom. The summed E-state index contributed by atoms with van der Waals surface area (Å²) in [5.41, 5.74) is 4.26. The highest BCUT2D eigenvalue weighted by atomic mass is 127. The van der Waals surface area contributed by atoms with Gasteiger partial charge < -0.3 is 0 Å². The van der Waals surface area contributed by atoms with E-state index in [4.69, 9.17) is 0 Å². The number of rotatable bonds is 2. The molecule has 0 aromatic heterocycles. The maximum atomic E-state index is 2.42. The number of halogens is 1. The smallest absolute Gasteiger partial charge is 0.0133 e. The first kappa shape index (κ1) is 12.9. The van der Waals surface area contributed by atoms with Crippen LogP contribution >= 0.6 is 22.6 Å². The molecule has 0 bridgehead atoms. The van der Waals surface area contributed by atoms with E-state index in [-0.39, 0.29) is 0 Å². The summed E-state index contributed by atoms with van der Waals surface area (Å²) in [5, 5.41) is 0. The quantitative estimate of drug-likeness (QED) is 0.470. The molecule has 1 heteroatoms. The molecule has 1 atom stereocenters. The molecule has 2 aromatic carbocycles. The summed E-state index contributed by atoms with van der Waals surface area (Å²) in [6.45, 7) is 0. The largest absolute Gasteiger partial charge is 0.0885 e. The van der Waals surface area contributed by atoms with E-state index >= 15 is 0 Å². The fraction of sp³-hybridized carbons (Fsp3) is 0.222. The van der Waals surface area contributed by atoms with Gasteiger partial charge in [0.1, 0.15) is 0 Å². The summed E-state index contributed by atoms with van der Waals surface area (Å²) in [6.07, 6.45) is 8.32. The van der Waals surface area contributed by atoms with Crippen molar-refractivity contribution in [2.24, 2.45) is 0 Å². The normalized spacial score (nSPS) is 18.5. The van der Waals surface area contributed by atoms with Crippen molar-refractivity contribution in [3.63, 3.8) is 0 Å². The summed E-state index contributed by atoms with van der Waals surface area (Å²) < 4.78 is 1.34. The zero-order valence-corrected chi connectivity index (χ0v) is 13.0. The van der Waals surface area contributed by atoms with Crippen molar-refractivity contribution in [1.29, 1.82) is 0 Å². The van der Waals surface area contributed by atoms with Gasteiger partial charge in [0.15, 0.2) is 0 Å². The molecule has 0 fully saturated rings. The van der Waals surface area contributed by atoms with Gasteiger partial charge in [-0.15, -0.1) is 0 Å². The van der Waals surface area contributed by atoms with Crippen LogP contribution in [0.3, 0.4) is 0 Å². The molecule has 0 spiro atoms. The predicted molar refractivity (Wildman–Crippen MR) is 90.3 cm³/mol. The molecule has 0 nitrogen and oxygen atoms in total. The highest BCUT2D eigenvalue weighted by Crippen LogP contribution is 2.36. The Hall–Kier alpha value is -1.09. The summed E-state index contributed by atoms with van der Waals surface area (Å²) in [6, 6.07) is 17.6. The van der Waals surface area contributed by atoms with Crippen LogP contribution in [0.1, 0.15) is 30.7 Å². The number of benzene rings is 2. The first-order valence-electron chi connectivity index (χ1n) is 6.84. The lowest BCUT2D eigenvalue weighted by Crippen LogP contribution is -2.03. The molecule has 0 N–H and O–H groups in total. The SMILES string of the molecule is Ic1ccc(-c2ccccc2)c(C2CC=CCC2)c1. The Morgan fingerprint density at radius 3 is 2.53 bits per heavy atom. The van der Waals surface area contributed by atoms with E-state index in [1.807, 2.05) is 0 Å². The maximum Gasteiger partial charge on any atom is 0.0133 e. The molecule has 1 aliphatic carbocycles. The lowest BCUT2D eigenvalue weighted by atomic mass is 9.83. The topological polar surface area (TPSA) is 0 Å². The van der Waals surface area contributed by atoms with Crippen molar-refractivity contribution in [2.45, 2.75) is 25.2 Å². The van der Waals surface area contributed by atoms with Crippen LogP contribution in [-0.4, -0.2) is 0 Å². The van der Waals surface area contributed by atoms with Crippen molar-refractivity contribution in [1.82, 2.24) is 0 Å². The summed E-state index contributed by atoms with van der Waals surface area (Å²) in [7, 11) is 0. The van der Waals surface area contributed by atoms with E-state index in [0.29, 0.717) is 5.92 Å². The number of hydrogen-bond donors (Lipinski definition) is 0. The van der Waals surface area contributed by atoms with Crippen LogP contribution in [0.4, 0.5) is 0 Å². The predicted octanol–water partition coefficient (Wildman–Crippen LogP) is 5.78. The number of allylic oxidation sites excluding steroid dienone is 2. The minimum absolute atomic E-state index is 0.676. The van der Waals surface area contributed by atoms with E-state index in [9.17, 15) is 0 Å². The maximum absolute atomic E-state index is 2.42. The van der Waals surface area contributed by atoms with Crippen LogP contribution in [0, 0.1) is 3.57 Å². The van der Waals surface area contributed by atoms with Crippen LogP contribution in [0.25, 0.3) is 11.1 Å². The van der Waals surface area contributed by atoms with Crippen molar-refractivity contribution < 1.29 is 0 Å². The Labute approximate surface area is 128 Å². The van der Waals surface area contributed by atoms with Crippen molar-refractivity contribution in [3.05, 3.63) is 69.8 Å². The summed E-state index contributed by atoms with van der Waals surface area (Å²) in [5.74, 6) is 0.676. The monoisotopic (exact) mass is 360 g/mol. The summed E-state index contributed by atoms with van der Waals surface area (Å²) in [4.78, 5) is 0. The molecule has 96 valence electrons. The zero-order chi connectivity index (χ0) is 13.1. The van der Waals surface area contributed by atoms with Crippen LogP contribution in [0.2, 0.25) is 0 Å². The van der Waals surface area contributed by atoms with Crippen LogP contribution in [0.15, 0.2) is 60.7 Å². The zero-order valence-electron chi connectivity index (χ0n) is 10.9. The van der Waals surface area contributed by atoms with Crippen LogP contribution in [-0.2, 0) is 0 Å². The Kier molecular flexibility index (Phi) is 4.02. The highest BCUT2D eigenvalue weighted by molar-refractivity contribution is 14.1. The highest BCUT2D eigenvalue weighted by Gasteiger charge is 2.17. The molecule has 3 rings (SSSR count). The standard InChI is InChI=1S/C18H17I/c19-16-11-12-17(14-7-3-1-4-8-14)18(13-16)15-9-5-2-6-10-15/h1-5,7-8,11-13,15H,6,9-10H2. The number of hydrogen-bond acceptors (Lipinski definition) is 0. The van der Waals surface area contributed by atoms with E-state index in [0.717, 1.165) is 0 Å². The molecule has 19 heavy (non-hydrogen) atoms. The van der Waals surface area contributed by atoms with Gasteiger partial charge in [-0.25, -0.2) is 0 Å². The molecule has 1 aliphatic rings. The first-order valence-corrected chi connectivity index (χ1v) is 7.92. The van der Waals surface area contributed by atoms with Crippen molar-refractivity contribution in [2.75, 3.05) is 0 Å². The van der Waals surface area contributed by atoms with Gasteiger partial charge in [-0.05, 0) is 76.6 Å². The second kappa shape index (κ2) is 5.91. The average Bonchev–Trinajstić information content (AvgIpc) is 2.49. The molecule has 0 radical (unpaired) electrons. The van der Waals surface area contributed by atoms with Crippen molar-refractivity contribution >= 4 is 22.6 Å².